The van der Waals surface area contributed by atoms with Gasteiger partial charge in [0.1, 0.15) is 5.75 Å². The normalized spacial score (nSPS) is 15.0. The monoisotopic (exact) mass is 354 g/mol. The quantitative estimate of drug-likeness (QED) is 0.797. The first-order chi connectivity index (χ1) is 12.7. The number of ether oxygens (including phenoxy) is 1. The highest BCUT2D eigenvalue weighted by Crippen LogP contribution is 2.26. The number of fused-ring (bicyclic) bond motifs is 1. The van der Waals surface area contributed by atoms with Crippen LogP contribution in [0, 0.1) is 0 Å². The van der Waals surface area contributed by atoms with Crippen LogP contribution in [0.3, 0.4) is 0 Å². The molecule has 1 fully saturated rings. The van der Waals surface area contributed by atoms with Crippen molar-refractivity contribution in [3.8, 4) is 5.75 Å². The topological polar surface area (TPSA) is 50.4 Å². The van der Waals surface area contributed by atoms with Crippen molar-refractivity contribution in [2.24, 2.45) is 0 Å². The van der Waals surface area contributed by atoms with Gasteiger partial charge in [0.05, 0.1) is 7.11 Å². The minimum absolute atomic E-state index is 0.0366. The zero-order valence-corrected chi connectivity index (χ0v) is 15.9. The van der Waals surface area contributed by atoms with Crippen LogP contribution < -0.4 is 15.4 Å². The number of carbonyl (C=O) groups is 1. The van der Waals surface area contributed by atoms with Crippen molar-refractivity contribution in [3.63, 3.8) is 0 Å². The Bertz CT molecular complexity index is 751. The highest BCUT2D eigenvalue weighted by molar-refractivity contribution is 5.88. The second kappa shape index (κ2) is 8.93. The Balaban J connectivity index is 1.64. The van der Waals surface area contributed by atoms with E-state index in [0.29, 0.717) is 12.6 Å². The highest BCUT2D eigenvalue weighted by atomic mass is 16.5. The maximum atomic E-state index is 12.1. The number of hydrogen-bond donors (Lipinski definition) is 2. The van der Waals surface area contributed by atoms with E-state index in [1.54, 1.807) is 7.11 Å². The van der Waals surface area contributed by atoms with Gasteiger partial charge in [-0.05, 0) is 59.7 Å². The molecule has 1 aliphatic rings. The fourth-order valence-corrected chi connectivity index (χ4v) is 3.81. The second-order valence-electron chi connectivity index (χ2n) is 7.18. The van der Waals surface area contributed by atoms with Crippen LogP contribution in [-0.4, -0.2) is 25.7 Å². The minimum Gasteiger partial charge on any atom is -0.497 e. The third-order valence-corrected chi connectivity index (χ3v) is 5.34. The van der Waals surface area contributed by atoms with E-state index in [4.69, 9.17) is 4.74 Å². The average molecular weight is 354 g/mol. The summed E-state index contributed by atoms with van der Waals surface area (Å²) in [6.07, 6.45) is 7.78. The molecule has 2 aromatic carbocycles. The first kappa shape index (κ1) is 18.6. The van der Waals surface area contributed by atoms with Crippen LogP contribution >= 0.6 is 0 Å². The van der Waals surface area contributed by atoms with Gasteiger partial charge in [-0.25, -0.2) is 4.79 Å². The zero-order chi connectivity index (χ0) is 18.4. The van der Waals surface area contributed by atoms with Crippen molar-refractivity contribution in [3.05, 3.63) is 41.5 Å². The first-order valence-corrected chi connectivity index (χ1v) is 9.83. The summed E-state index contributed by atoms with van der Waals surface area (Å²) in [7, 11) is 1.69. The highest BCUT2D eigenvalue weighted by Gasteiger charge is 2.15. The molecule has 0 atom stereocenters. The zero-order valence-electron chi connectivity index (χ0n) is 15.9. The number of rotatable bonds is 6. The molecule has 140 valence electrons. The van der Waals surface area contributed by atoms with E-state index in [2.05, 4.69) is 41.8 Å². The van der Waals surface area contributed by atoms with Crippen molar-refractivity contribution in [1.29, 1.82) is 0 Å². The van der Waals surface area contributed by atoms with Crippen LogP contribution in [0.4, 0.5) is 4.79 Å². The van der Waals surface area contributed by atoms with Crippen LogP contribution in [0.2, 0.25) is 0 Å². The number of urea groups is 1. The van der Waals surface area contributed by atoms with Gasteiger partial charge in [-0.2, -0.15) is 0 Å². The molecule has 2 aromatic rings. The second-order valence-corrected chi connectivity index (χ2v) is 7.18. The number of hydrogen-bond acceptors (Lipinski definition) is 2. The summed E-state index contributed by atoms with van der Waals surface area (Å²) >= 11 is 0. The summed E-state index contributed by atoms with van der Waals surface area (Å²) in [5.41, 5.74) is 2.58. The van der Waals surface area contributed by atoms with E-state index in [1.165, 1.54) is 41.2 Å². The van der Waals surface area contributed by atoms with Crippen molar-refractivity contribution >= 4 is 16.8 Å². The van der Waals surface area contributed by atoms with Gasteiger partial charge in [0, 0.05) is 12.6 Å². The predicted molar refractivity (Wildman–Crippen MR) is 107 cm³/mol. The number of amides is 2. The number of methoxy groups -OCH3 is 1. The summed E-state index contributed by atoms with van der Waals surface area (Å²) < 4.78 is 5.38. The molecule has 0 aliphatic heterocycles. The van der Waals surface area contributed by atoms with Crippen LogP contribution in [-0.2, 0) is 12.8 Å². The Morgan fingerprint density at radius 1 is 1.15 bits per heavy atom. The standard InChI is InChI=1S/C22H30N2O2/c1-3-16-13-17-9-10-20(26-2)15-21(17)18(14-16)11-12-23-22(25)24-19-7-5-4-6-8-19/h9-10,13-15,19H,3-8,11-12H2,1-2H3,(H2,23,24,25). The lowest BCUT2D eigenvalue weighted by molar-refractivity contribution is 0.233. The minimum atomic E-state index is -0.0366. The van der Waals surface area contributed by atoms with Crippen molar-refractivity contribution in [1.82, 2.24) is 10.6 Å². The van der Waals surface area contributed by atoms with E-state index in [-0.39, 0.29) is 6.03 Å². The Kier molecular flexibility index (Phi) is 6.37. The van der Waals surface area contributed by atoms with Gasteiger partial charge in [-0.3, -0.25) is 0 Å². The van der Waals surface area contributed by atoms with Gasteiger partial charge in [0.25, 0.3) is 0 Å². The molecule has 1 saturated carbocycles. The van der Waals surface area contributed by atoms with Gasteiger partial charge in [-0.15, -0.1) is 0 Å². The Labute approximate surface area is 156 Å². The van der Waals surface area contributed by atoms with Crippen LogP contribution in [0.1, 0.15) is 50.2 Å². The third kappa shape index (κ3) is 4.69. The van der Waals surface area contributed by atoms with Gasteiger partial charge >= 0.3 is 6.03 Å². The molecule has 1 aliphatic carbocycles. The molecule has 0 aromatic heterocycles. The van der Waals surface area contributed by atoms with Gasteiger partial charge in [0.2, 0.25) is 0 Å². The van der Waals surface area contributed by atoms with Crippen LogP contribution in [0.25, 0.3) is 10.8 Å². The molecule has 0 heterocycles. The van der Waals surface area contributed by atoms with Crippen LogP contribution in [0.5, 0.6) is 5.75 Å². The predicted octanol–water partition coefficient (Wildman–Crippen LogP) is 4.59. The van der Waals surface area contributed by atoms with E-state index in [0.717, 1.165) is 31.4 Å². The molecule has 4 nitrogen and oxygen atoms in total. The van der Waals surface area contributed by atoms with Crippen molar-refractivity contribution < 1.29 is 9.53 Å². The van der Waals surface area contributed by atoms with Gasteiger partial charge < -0.3 is 15.4 Å². The fourth-order valence-electron chi connectivity index (χ4n) is 3.81. The first-order valence-electron chi connectivity index (χ1n) is 9.83. The van der Waals surface area contributed by atoms with Crippen LogP contribution in [0.15, 0.2) is 30.3 Å². The molecule has 0 unspecified atom stereocenters. The summed E-state index contributed by atoms with van der Waals surface area (Å²) in [5, 5.41) is 8.57. The maximum absolute atomic E-state index is 12.1. The number of carbonyl (C=O) groups excluding carboxylic acids is 1. The van der Waals surface area contributed by atoms with E-state index >= 15 is 0 Å². The largest absolute Gasteiger partial charge is 0.497 e. The summed E-state index contributed by atoms with van der Waals surface area (Å²) in [6, 6.07) is 11.0. The molecule has 0 bridgehead atoms. The molecule has 0 spiro atoms. The molecule has 0 saturated heterocycles. The lowest BCUT2D eigenvalue weighted by atomic mass is 9.96. The van der Waals surface area contributed by atoms with E-state index < -0.39 is 0 Å². The third-order valence-electron chi connectivity index (χ3n) is 5.34. The molecular weight excluding hydrogens is 324 g/mol. The molecule has 0 radical (unpaired) electrons. The fraction of sp³-hybridized carbons (Fsp3) is 0.500. The van der Waals surface area contributed by atoms with Gasteiger partial charge in [0.15, 0.2) is 0 Å². The maximum Gasteiger partial charge on any atom is 0.315 e. The van der Waals surface area contributed by atoms with Gasteiger partial charge in [-0.1, -0.05) is 44.4 Å². The smallest absolute Gasteiger partial charge is 0.315 e. The summed E-state index contributed by atoms with van der Waals surface area (Å²) in [4.78, 5) is 12.1. The lowest BCUT2D eigenvalue weighted by Gasteiger charge is -2.22. The lowest BCUT2D eigenvalue weighted by Crippen LogP contribution is -2.43. The number of benzene rings is 2. The molecule has 3 rings (SSSR count). The molecular formula is C22H30N2O2. The molecule has 2 N–H and O–H groups in total. The molecule has 26 heavy (non-hydrogen) atoms. The molecule has 2 amide bonds. The van der Waals surface area contributed by atoms with E-state index in [9.17, 15) is 4.79 Å². The number of aryl methyl sites for hydroxylation is 1. The average Bonchev–Trinajstić information content (AvgIpc) is 2.68. The summed E-state index contributed by atoms with van der Waals surface area (Å²) in [6.45, 7) is 2.81. The Hall–Kier alpha value is -2.23. The van der Waals surface area contributed by atoms with E-state index in [1.807, 2.05) is 6.07 Å². The summed E-state index contributed by atoms with van der Waals surface area (Å²) in [5.74, 6) is 0.867. The Morgan fingerprint density at radius 2 is 1.96 bits per heavy atom. The number of nitrogens with one attached hydrogen (secondary N) is 2. The molecule has 4 heteroatoms. The SMILES string of the molecule is CCc1cc(CCNC(=O)NC2CCCCC2)c2cc(OC)ccc2c1. The van der Waals surface area contributed by atoms with Crippen molar-refractivity contribution in [2.75, 3.05) is 13.7 Å². The van der Waals surface area contributed by atoms with Crippen molar-refractivity contribution in [2.45, 2.75) is 57.9 Å². The Morgan fingerprint density at radius 3 is 2.69 bits per heavy atom.